The maximum atomic E-state index is 12.5. The molecule has 3 aromatic rings. The van der Waals surface area contributed by atoms with Crippen LogP contribution in [0.15, 0.2) is 60.7 Å². The van der Waals surface area contributed by atoms with Crippen LogP contribution in [0, 0.1) is 6.92 Å². The van der Waals surface area contributed by atoms with Gasteiger partial charge in [-0.15, -0.1) is 13.2 Å². The van der Waals surface area contributed by atoms with E-state index in [2.05, 4.69) is 15.0 Å². The van der Waals surface area contributed by atoms with Crippen molar-refractivity contribution < 1.29 is 32.2 Å². The maximum Gasteiger partial charge on any atom is 0.573 e. The number of halogens is 3. The number of carbonyl (C=O) groups is 1. The molecule has 6 nitrogen and oxygen atoms in total. The van der Waals surface area contributed by atoms with Gasteiger partial charge in [-0.25, -0.2) is 0 Å². The number of carbonyl (C=O) groups excluding carboxylic acids is 1. The molecule has 9 heteroatoms. The van der Waals surface area contributed by atoms with Crippen LogP contribution in [0.25, 0.3) is 0 Å². The van der Waals surface area contributed by atoms with Crippen molar-refractivity contribution in [3.05, 3.63) is 77.6 Å². The lowest BCUT2D eigenvalue weighted by molar-refractivity contribution is -0.274. The Balaban J connectivity index is 1.64. The number of nitrogens with zero attached hydrogens (tertiary/aromatic N) is 1. The van der Waals surface area contributed by atoms with Gasteiger partial charge in [-0.05, 0) is 55.5 Å². The zero-order valence-corrected chi connectivity index (χ0v) is 16.7. The van der Waals surface area contributed by atoms with Crippen LogP contribution >= 0.6 is 0 Å². The quantitative estimate of drug-likeness (QED) is 0.536. The first-order chi connectivity index (χ1) is 14.7. The molecule has 0 aliphatic rings. The highest BCUT2D eigenvalue weighted by molar-refractivity contribution is 6.05. The lowest BCUT2D eigenvalue weighted by Gasteiger charge is -2.11. The molecule has 0 unspecified atom stereocenters. The first kappa shape index (κ1) is 22.1. The molecule has 0 aliphatic carbocycles. The van der Waals surface area contributed by atoms with Gasteiger partial charge in [0.15, 0.2) is 0 Å². The van der Waals surface area contributed by atoms with E-state index in [-0.39, 0.29) is 17.4 Å². The molecule has 162 valence electrons. The fourth-order valence-corrected chi connectivity index (χ4v) is 2.76. The van der Waals surface area contributed by atoms with Crippen molar-refractivity contribution >= 4 is 11.6 Å². The molecule has 0 bridgehead atoms. The smallest absolute Gasteiger partial charge is 0.457 e. The van der Waals surface area contributed by atoms with E-state index in [1.54, 1.807) is 50.4 Å². The minimum Gasteiger partial charge on any atom is -0.457 e. The van der Waals surface area contributed by atoms with Crippen LogP contribution < -0.4 is 14.8 Å². The summed E-state index contributed by atoms with van der Waals surface area (Å²) in [6.45, 7) is 2.09. The second-order valence-corrected chi connectivity index (χ2v) is 6.47. The van der Waals surface area contributed by atoms with Crippen molar-refractivity contribution in [2.75, 3.05) is 12.4 Å². The van der Waals surface area contributed by atoms with Crippen molar-refractivity contribution in [3.8, 4) is 17.2 Å². The number of alkyl halides is 3. The summed E-state index contributed by atoms with van der Waals surface area (Å²) in [4.78, 5) is 16.8. The number of anilines is 1. The molecule has 0 aliphatic heterocycles. The Bertz CT molecular complexity index is 1050. The number of nitrogens with one attached hydrogen (secondary N) is 1. The lowest BCUT2D eigenvalue weighted by Crippen LogP contribution is -2.17. The third-order valence-electron chi connectivity index (χ3n) is 4.07. The number of aromatic nitrogens is 1. The standard InChI is InChI=1S/C22H19F3N2O4/c1-14-20(11-8-16(26-14)13-29-2)21(28)27-15-6-9-17(10-7-15)30-18-4-3-5-19(12-18)31-22(23,24)25/h3-12H,13H2,1-2H3,(H,27,28). The fraction of sp³-hybridized carbons (Fsp3) is 0.182. The summed E-state index contributed by atoms with van der Waals surface area (Å²) < 4.78 is 51.5. The fourth-order valence-electron chi connectivity index (χ4n) is 2.76. The maximum absolute atomic E-state index is 12.5. The Morgan fingerprint density at radius 2 is 1.71 bits per heavy atom. The molecule has 1 N–H and O–H groups in total. The molecule has 1 aromatic heterocycles. The van der Waals surface area contributed by atoms with E-state index in [4.69, 9.17) is 9.47 Å². The van der Waals surface area contributed by atoms with Gasteiger partial charge in [-0.1, -0.05) is 6.07 Å². The monoisotopic (exact) mass is 432 g/mol. The van der Waals surface area contributed by atoms with Crippen molar-refractivity contribution in [1.29, 1.82) is 0 Å². The molecule has 0 saturated carbocycles. The second-order valence-electron chi connectivity index (χ2n) is 6.47. The van der Waals surface area contributed by atoms with Crippen LogP contribution in [0.3, 0.4) is 0 Å². The largest absolute Gasteiger partial charge is 0.573 e. The normalized spacial score (nSPS) is 11.1. The molecule has 31 heavy (non-hydrogen) atoms. The van der Waals surface area contributed by atoms with Crippen LogP contribution in [-0.2, 0) is 11.3 Å². The Hall–Kier alpha value is -3.59. The summed E-state index contributed by atoms with van der Waals surface area (Å²) in [5.74, 6) is -0.144. The second kappa shape index (κ2) is 9.48. The summed E-state index contributed by atoms with van der Waals surface area (Å²) in [7, 11) is 1.57. The van der Waals surface area contributed by atoms with E-state index >= 15 is 0 Å². The predicted molar refractivity (Wildman–Crippen MR) is 107 cm³/mol. The molecule has 1 amide bonds. The number of ether oxygens (including phenoxy) is 3. The third kappa shape index (κ3) is 6.45. The molecule has 0 saturated heterocycles. The van der Waals surface area contributed by atoms with Crippen molar-refractivity contribution in [3.63, 3.8) is 0 Å². The number of hydrogen-bond donors (Lipinski definition) is 1. The van der Waals surface area contributed by atoms with Gasteiger partial charge in [0.1, 0.15) is 17.2 Å². The highest BCUT2D eigenvalue weighted by Gasteiger charge is 2.31. The Kier molecular flexibility index (Phi) is 6.76. The van der Waals surface area contributed by atoms with Crippen LogP contribution in [-0.4, -0.2) is 24.4 Å². The third-order valence-corrected chi connectivity index (χ3v) is 4.07. The molecular formula is C22H19F3N2O4. The minimum absolute atomic E-state index is 0.177. The van der Waals surface area contributed by atoms with Crippen molar-refractivity contribution in [1.82, 2.24) is 4.98 Å². The average Bonchev–Trinajstić information content (AvgIpc) is 2.69. The van der Waals surface area contributed by atoms with Gasteiger partial charge < -0.3 is 19.5 Å². The molecule has 1 heterocycles. The Labute approximate surface area is 176 Å². The van der Waals surface area contributed by atoms with Gasteiger partial charge >= 0.3 is 6.36 Å². The Morgan fingerprint density at radius 3 is 2.35 bits per heavy atom. The molecule has 2 aromatic carbocycles. The van der Waals surface area contributed by atoms with Crippen LogP contribution in [0.2, 0.25) is 0 Å². The molecular weight excluding hydrogens is 413 g/mol. The van der Waals surface area contributed by atoms with Crippen molar-refractivity contribution in [2.45, 2.75) is 19.9 Å². The van der Waals surface area contributed by atoms with Gasteiger partial charge in [-0.2, -0.15) is 0 Å². The zero-order chi connectivity index (χ0) is 22.4. The number of hydrogen-bond acceptors (Lipinski definition) is 5. The van der Waals surface area contributed by atoms with E-state index < -0.39 is 6.36 Å². The molecule has 0 atom stereocenters. The molecule has 0 spiro atoms. The minimum atomic E-state index is -4.78. The summed E-state index contributed by atoms with van der Waals surface area (Å²) in [6, 6.07) is 15.0. The van der Waals surface area contributed by atoms with Crippen LogP contribution in [0.5, 0.6) is 17.2 Å². The average molecular weight is 432 g/mol. The lowest BCUT2D eigenvalue weighted by atomic mass is 10.1. The van der Waals surface area contributed by atoms with E-state index in [1.807, 2.05) is 0 Å². The van der Waals surface area contributed by atoms with Crippen LogP contribution in [0.1, 0.15) is 21.7 Å². The number of benzene rings is 2. The number of amides is 1. The highest BCUT2D eigenvalue weighted by Crippen LogP contribution is 2.29. The van der Waals surface area contributed by atoms with Crippen molar-refractivity contribution in [2.24, 2.45) is 0 Å². The topological polar surface area (TPSA) is 69.7 Å². The Morgan fingerprint density at radius 1 is 1.00 bits per heavy atom. The van der Waals surface area contributed by atoms with Gasteiger partial charge in [0.25, 0.3) is 5.91 Å². The van der Waals surface area contributed by atoms with Gasteiger partial charge in [0.2, 0.25) is 0 Å². The van der Waals surface area contributed by atoms with Gasteiger partial charge in [0.05, 0.1) is 23.6 Å². The first-order valence-electron chi connectivity index (χ1n) is 9.14. The summed E-state index contributed by atoms with van der Waals surface area (Å²) in [5.41, 5.74) is 2.25. The predicted octanol–water partition coefficient (Wildman–Crippen LogP) is 5.48. The van der Waals surface area contributed by atoms with Gasteiger partial charge in [0, 0.05) is 18.9 Å². The van der Waals surface area contributed by atoms with E-state index in [9.17, 15) is 18.0 Å². The summed E-state index contributed by atoms with van der Waals surface area (Å²) >= 11 is 0. The van der Waals surface area contributed by atoms with E-state index in [0.717, 1.165) is 11.8 Å². The van der Waals surface area contributed by atoms with E-state index in [0.29, 0.717) is 29.3 Å². The molecule has 0 fully saturated rings. The molecule has 0 radical (unpaired) electrons. The molecule has 3 rings (SSSR count). The summed E-state index contributed by atoms with van der Waals surface area (Å²) in [5, 5.41) is 2.77. The highest BCUT2D eigenvalue weighted by atomic mass is 19.4. The zero-order valence-electron chi connectivity index (χ0n) is 16.7. The SMILES string of the molecule is COCc1ccc(C(=O)Nc2ccc(Oc3cccc(OC(F)(F)F)c3)cc2)c(C)n1. The summed E-state index contributed by atoms with van der Waals surface area (Å²) in [6.07, 6.45) is -4.78. The number of rotatable bonds is 7. The number of aryl methyl sites for hydroxylation is 1. The first-order valence-corrected chi connectivity index (χ1v) is 9.14. The number of methoxy groups -OCH3 is 1. The van der Waals surface area contributed by atoms with Crippen LogP contribution in [0.4, 0.5) is 18.9 Å². The van der Waals surface area contributed by atoms with E-state index in [1.165, 1.54) is 18.2 Å². The number of pyridine rings is 1. The van der Waals surface area contributed by atoms with Gasteiger partial charge in [-0.3, -0.25) is 9.78 Å².